The molecule has 28 heavy (non-hydrogen) atoms. The molecule has 4 rings (SSSR count). The molecule has 1 atom stereocenters. The minimum absolute atomic E-state index is 0.292. The lowest BCUT2D eigenvalue weighted by atomic mass is 10.1. The Bertz CT molecular complexity index is 796. The van der Waals surface area contributed by atoms with E-state index in [0.717, 1.165) is 54.4 Å². The zero-order valence-corrected chi connectivity index (χ0v) is 17.3. The molecule has 0 radical (unpaired) electrons. The fourth-order valence-electron chi connectivity index (χ4n) is 3.53. The molecule has 0 aliphatic carbocycles. The van der Waals surface area contributed by atoms with Crippen LogP contribution in [0.25, 0.3) is 0 Å². The number of hydrogen-bond acceptors (Lipinski definition) is 6. The molecule has 2 aliphatic rings. The fourth-order valence-corrected chi connectivity index (χ4v) is 3.93. The molecular weight excluding hydrogens is 424 g/mol. The lowest BCUT2D eigenvalue weighted by Gasteiger charge is -2.35. The fraction of sp³-hybridized carbons (Fsp3) is 0.429. The number of nitrogens with zero attached hydrogens (tertiary/aromatic N) is 2. The standard InChI is InChI=1S/C21H25BrN2O4/c22-18-3-1-2-4-19(18)26-14-17(25)13-24-9-7-23(8-10-24)12-16-5-6-20-21(11-16)28-15-27-20/h1-6,11,17,25H,7-10,12-15H2. The van der Waals surface area contributed by atoms with Crippen LogP contribution >= 0.6 is 15.9 Å². The summed E-state index contributed by atoms with van der Waals surface area (Å²) in [4.78, 5) is 4.72. The molecule has 0 saturated carbocycles. The highest BCUT2D eigenvalue weighted by atomic mass is 79.9. The summed E-state index contributed by atoms with van der Waals surface area (Å²) in [7, 11) is 0. The molecule has 2 aromatic carbocycles. The maximum absolute atomic E-state index is 10.3. The van der Waals surface area contributed by atoms with Crippen molar-refractivity contribution in [3.63, 3.8) is 0 Å². The molecule has 0 amide bonds. The number of hydrogen-bond donors (Lipinski definition) is 1. The van der Waals surface area contributed by atoms with Crippen LogP contribution in [0, 0.1) is 0 Å². The Hall–Kier alpha value is -1.80. The molecule has 2 aliphatic heterocycles. The van der Waals surface area contributed by atoms with Crippen molar-refractivity contribution in [2.45, 2.75) is 12.6 Å². The van der Waals surface area contributed by atoms with Crippen molar-refractivity contribution in [3.8, 4) is 17.2 Å². The molecule has 1 N–H and O–H groups in total. The van der Waals surface area contributed by atoms with E-state index in [-0.39, 0.29) is 0 Å². The zero-order chi connectivity index (χ0) is 19.3. The van der Waals surface area contributed by atoms with E-state index in [4.69, 9.17) is 14.2 Å². The first kappa shape index (κ1) is 19.5. The maximum atomic E-state index is 10.3. The van der Waals surface area contributed by atoms with Gasteiger partial charge in [0.15, 0.2) is 11.5 Å². The van der Waals surface area contributed by atoms with Gasteiger partial charge in [0.05, 0.1) is 4.47 Å². The number of fused-ring (bicyclic) bond motifs is 1. The van der Waals surface area contributed by atoms with Gasteiger partial charge in [0.25, 0.3) is 0 Å². The SMILES string of the molecule is OC(COc1ccccc1Br)CN1CCN(Cc2ccc3c(c2)OCO3)CC1. The van der Waals surface area contributed by atoms with Crippen molar-refractivity contribution in [2.75, 3.05) is 46.1 Å². The highest BCUT2D eigenvalue weighted by molar-refractivity contribution is 9.10. The summed E-state index contributed by atoms with van der Waals surface area (Å²) in [5.74, 6) is 2.42. The number of aliphatic hydroxyl groups excluding tert-OH is 1. The summed E-state index contributed by atoms with van der Waals surface area (Å²) in [6.45, 7) is 5.97. The number of piperazine rings is 1. The summed E-state index contributed by atoms with van der Waals surface area (Å²) in [6.07, 6.45) is -0.507. The Morgan fingerprint density at radius 2 is 1.75 bits per heavy atom. The lowest BCUT2D eigenvalue weighted by molar-refractivity contribution is 0.0444. The maximum Gasteiger partial charge on any atom is 0.231 e. The van der Waals surface area contributed by atoms with Crippen molar-refractivity contribution in [1.29, 1.82) is 0 Å². The number of β-amino-alcohol motifs (C(OH)–C–C–N with tert-alkyl or cyclic N) is 1. The van der Waals surface area contributed by atoms with Crippen LogP contribution < -0.4 is 14.2 Å². The van der Waals surface area contributed by atoms with Gasteiger partial charge in [-0.25, -0.2) is 0 Å². The van der Waals surface area contributed by atoms with E-state index in [0.29, 0.717) is 19.9 Å². The average Bonchev–Trinajstić information content (AvgIpc) is 3.17. The second-order valence-corrected chi connectivity index (χ2v) is 8.01. The first-order valence-corrected chi connectivity index (χ1v) is 10.4. The molecule has 2 heterocycles. The van der Waals surface area contributed by atoms with Gasteiger partial charge in [0.1, 0.15) is 18.5 Å². The molecular formula is C21H25BrN2O4. The van der Waals surface area contributed by atoms with E-state index in [1.165, 1.54) is 5.56 Å². The van der Waals surface area contributed by atoms with Crippen LogP contribution in [0.4, 0.5) is 0 Å². The van der Waals surface area contributed by atoms with Crippen molar-refractivity contribution >= 4 is 15.9 Å². The van der Waals surface area contributed by atoms with Crippen LogP contribution in [0.3, 0.4) is 0 Å². The molecule has 2 aromatic rings. The summed E-state index contributed by atoms with van der Waals surface area (Å²) in [5.41, 5.74) is 1.24. The molecule has 0 spiro atoms. The Balaban J connectivity index is 1.19. The van der Waals surface area contributed by atoms with Crippen molar-refractivity contribution in [2.24, 2.45) is 0 Å². The molecule has 1 fully saturated rings. The van der Waals surface area contributed by atoms with E-state index in [9.17, 15) is 5.11 Å². The van der Waals surface area contributed by atoms with E-state index < -0.39 is 6.10 Å². The first-order chi connectivity index (χ1) is 13.7. The van der Waals surface area contributed by atoms with Gasteiger partial charge in [-0.1, -0.05) is 18.2 Å². The number of rotatable bonds is 7. The van der Waals surface area contributed by atoms with E-state index in [1.54, 1.807) is 0 Å². The predicted octanol–water partition coefficient (Wildman–Crippen LogP) is 2.74. The third kappa shape index (κ3) is 4.97. The largest absolute Gasteiger partial charge is 0.490 e. The van der Waals surface area contributed by atoms with Crippen molar-refractivity contribution in [3.05, 3.63) is 52.5 Å². The van der Waals surface area contributed by atoms with Gasteiger partial charge in [-0.3, -0.25) is 9.80 Å². The highest BCUT2D eigenvalue weighted by Crippen LogP contribution is 2.32. The minimum Gasteiger partial charge on any atom is -0.490 e. The second kappa shape index (κ2) is 9.13. The summed E-state index contributed by atoms with van der Waals surface area (Å²) in [6, 6.07) is 13.8. The minimum atomic E-state index is -0.507. The van der Waals surface area contributed by atoms with Crippen molar-refractivity contribution in [1.82, 2.24) is 9.80 Å². The molecule has 1 unspecified atom stereocenters. The van der Waals surface area contributed by atoms with E-state index >= 15 is 0 Å². The van der Waals surface area contributed by atoms with Crippen LogP contribution in [-0.2, 0) is 6.54 Å². The van der Waals surface area contributed by atoms with Gasteiger partial charge in [-0.2, -0.15) is 0 Å². The van der Waals surface area contributed by atoms with Gasteiger partial charge in [0.2, 0.25) is 6.79 Å². The van der Waals surface area contributed by atoms with Crippen LogP contribution in [0.1, 0.15) is 5.56 Å². The number of aliphatic hydroxyl groups is 1. The Morgan fingerprint density at radius 3 is 2.57 bits per heavy atom. The van der Waals surface area contributed by atoms with Gasteiger partial charge in [0, 0.05) is 39.3 Å². The van der Waals surface area contributed by atoms with Crippen LogP contribution in [0.15, 0.2) is 46.9 Å². The second-order valence-electron chi connectivity index (χ2n) is 7.16. The molecule has 6 nitrogen and oxygen atoms in total. The number of ether oxygens (including phenoxy) is 3. The Morgan fingerprint density at radius 1 is 1.00 bits per heavy atom. The van der Waals surface area contributed by atoms with Gasteiger partial charge in [-0.15, -0.1) is 0 Å². The summed E-state index contributed by atoms with van der Waals surface area (Å²) in [5, 5.41) is 10.3. The number of para-hydroxylation sites is 1. The van der Waals surface area contributed by atoms with Crippen molar-refractivity contribution < 1.29 is 19.3 Å². The van der Waals surface area contributed by atoms with E-state index in [2.05, 4.69) is 37.9 Å². The quantitative estimate of drug-likeness (QED) is 0.702. The summed E-state index contributed by atoms with van der Waals surface area (Å²) < 4.78 is 17.5. The monoisotopic (exact) mass is 448 g/mol. The number of halogens is 1. The normalized spacial score (nSPS) is 18.2. The summed E-state index contributed by atoms with van der Waals surface area (Å²) >= 11 is 3.46. The smallest absolute Gasteiger partial charge is 0.231 e. The van der Waals surface area contributed by atoms with E-state index in [1.807, 2.05) is 30.3 Å². The Kier molecular flexibility index (Phi) is 6.36. The topological polar surface area (TPSA) is 54.4 Å². The predicted molar refractivity (Wildman–Crippen MR) is 110 cm³/mol. The van der Waals surface area contributed by atoms with Gasteiger partial charge < -0.3 is 19.3 Å². The van der Waals surface area contributed by atoms with Gasteiger partial charge in [-0.05, 0) is 45.8 Å². The molecule has 0 bridgehead atoms. The molecule has 150 valence electrons. The average molecular weight is 449 g/mol. The molecule has 0 aromatic heterocycles. The third-order valence-corrected chi connectivity index (χ3v) is 5.70. The Labute approximate surface area is 173 Å². The van der Waals surface area contributed by atoms with Crippen LogP contribution in [0.2, 0.25) is 0 Å². The molecule has 7 heteroatoms. The zero-order valence-electron chi connectivity index (χ0n) is 15.7. The third-order valence-electron chi connectivity index (χ3n) is 5.04. The first-order valence-electron chi connectivity index (χ1n) is 9.56. The number of benzene rings is 2. The van der Waals surface area contributed by atoms with Crippen LogP contribution in [0.5, 0.6) is 17.2 Å². The molecule has 1 saturated heterocycles. The van der Waals surface area contributed by atoms with Gasteiger partial charge >= 0.3 is 0 Å². The van der Waals surface area contributed by atoms with Crippen LogP contribution in [-0.4, -0.2) is 67.1 Å². The lowest BCUT2D eigenvalue weighted by Crippen LogP contribution is -2.48. The highest BCUT2D eigenvalue weighted by Gasteiger charge is 2.21.